The van der Waals surface area contributed by atoms with Crippen LogP contribution in [0.5, 0.6) is 0 Å². The summed E-state index contributed by atoms with van der Waals surface area (Å²) in [5.74, 6) is 0. The topological polar surface area (TPSA) is 20.2 Å². The van der Waals surface area contributed by atoms with Crippen molar-refractivity contribution in [1.82, 2.24) is 0 Å². The van der Waals surface area contributed by atoms with Crippen LogP contribution in [0.4, 0.5) is 0 Å². The van der Waals surface area contributed by atoms with Gasteiger partial charge in [-0.2, -0.15) is 0 Å². The second-order valence-corrected chi connectivity index (χ2v) is 3.01. The van der Waals surface area contributed by atoms with Crippen LogP contribution in [0.2, 0.25) is 0 Å². The van der Waals surface area contributed by atoms with Gasteiger partial charge in [0.25, 0.3) is 0 Å². The predicted octanol–water partition coefficient (Wildman–Crippen LogP) is 2.89. The summed E-state index contributed by atoms with van der Waals surface area (Å²) in [5.41, 5.74) is 0. The van der Waals surface area contributed by atoms with Crippen LogP contribution >= 0.6 is 0 Å². The average molecular weight is 156 g/mol. The van der Waals surface area contributed by atoms with Crippen LogP contribution in [0, 0.1) is 0 Å². The van der Waals surface area contributed by atoms with E-state index in [1.807, 2.05) is 6.92 Å². The molecule has 0 radical (unpaired) electrons. The SMILES string of the molecule is C1=CCCCC1.CCC(C)O. The minimum Gasteiger partial charge on any atom is -0.393 e. The Morgan fingerprint density at radius 3 is 1.73 bits per heavy atom. The molecule has 11 heavy (non-hydrogen) atoms. The molecule has 1 N–H and O–H groups in total. The Morgan fingerprint density at radius 1 is 1.27 bits per heavy atom. The number of aliphatic hydroxyl groups excluding tert-OH is 1. The fourth-order valence-electron chi connectivity index (χ4n) is 0.760. The molecule has 66 valence electrons. The third-order valence-electron chi connectivity index (χ3n) is 1.75. The summed E-state index contributed by atoms with van der Waals surface area (Å²) in [7, 11) is 0. The molecule has 0 bridgehead atoms. The molecule has 1 rings (SSSR count). The number of allylic oxidation sites excluding steroid dienone is 2. The van der Waals surface area contributed by atoms with E-state index >= 15 is 0 Å². The molecule has 0 aromatic carbocycles. The molecule has 1 aliphatic carbocycles. The summed E-state index contributed by atoms with van der Waals surface area (Å²) in [4.78, 5) is 0. The molecular formula is C10H20O. The fourth-order valence-corrected chi connectivity index (χ4v) is 0.760. The monoisotopic (exact) mass is 156 g/mol. The van der Waals surface area contributed by atoms with Crippen molar-refractivity contribution in [2.24, 2.45) is 0 Å². The van der Waals surface area contributed by atoms with E-state index in [0.29, 0.717) is 0 Å². The van der Waals surface area contributed by atoms with Crippen LogP contribution in [0.15, 0.2) is 12.2 Å². The van der Waals surface area contributed by atoms with Gasteiger partial charge in [-0.3, -0.25) is 0 Å². The minimum absolute atomic E-state index is 0.116. The highest BCUT2D eigenvalue weighted by Gasteiger charge is 1.87. The first-order valence-electron chi connectivity index (χ1n) is 4.60. The molecule has 1 atom stereocenters. The third-order valence-corrected chi connectivity index (χ3v) is 1.75. The minimum atomic E-state index is -0.116. The summed E-state index contributed by atoms with van der Waals surface area (Å²) < 4.78 is 0. The lowest BCUT2D eigenvalue weighted by atomic mass is 10.1. The Morgan fingerprint density at radius 2 is 1.64 bits per heavy atom. The zero-order valence-corrected chi connectivity index (χ0v) is 7.71. The van der Waals surface area contributed by atoms with Gasteiger partial charge in [0, 0.05) is 0 Å². The molecule has 0 fully saturated rings. The van der Waals surface area contributed by atoms with Crippen LogP contribution in [0.3, 0.4) is 0 Å². The second-order valence-electron chi connectivity index (χ2n) is 3.01. The van der Waals surface area contributed by atoms with Crippen molar-refractivity contribution in [2.75, 3.05) is 0 Å². The maximum Gasteiger partial charge on any atom is 0.0509 e. The molecule has 1 aliphatic rings. The molecule has 1 nitrogen and oxygen atoms in total. The number of hydrogen-bond donors (Lipinski definition) is 1. The normalized spacial score (nSPS) is 18.5. The van der Waals surface area contributed by atoms with Gasteiger partial charge < -0.3 is 5.11 Å². The van der Waals surface area contributed by atoms with Crippen molar-refractivity contribution in [3.63, 3.8) is 0 Å². The third kappa shape index (κ3) is 9.70. The van der Waals surface area contributed by atoms with Crippen molar-refractivity contribution in [3.8, 4) is 0 Å². The molecule has 0 saturated carbocycles. The number of rotatable bonds is 1. The zero-order valence-electron chi connectivity index (χ0n) is 7.71. The Bertz CT molecular complexity index is 87.0. The van der Waals surface area contributed by atoms with Crippen molar-refractivity contribution in [2.45, 2.75) is 52.1 Å². The summed E-state index contributed by atoms with van der Waals surface area (Å²) >= 11 is 0. The van der Waals surface area contributed by atoms with E-state index in [2.05, 4.69) is 12.2 Å². The summed E-state index contributed by atoms with van der Waals surface area (Å²) in [6.07, 6.45) is 10.7. The average Bonchev–Trinajstić information content (AvgIpc) is 2.09. The van der Waals surface area contributed by atoms with E-state index in [0.717, 1.165) is 6.42 Å². The van der Waals surface area contributed by atoms with Crippen LogP contribution in [0.1, 0.15) is 46.0 Å². The Labute approximate surface area is 70.1 Å². The lowest BCUT2D eigenvalue weighted by molar-refractivity contribution is 0.191. The van der Waals surface area contributed by atoms with E-state index in [1.54, 1.807) is 6.92 Å². The summed E-state index contributed by atoms with van der Waals surface area (Å²) in [6, 6.07) is 0. The van der Waals surface area contributed by atoms with Gasteiger partial charge in [0.2, 0.25) is 0 Å². The van der Waals surface area contributed by atoms with Crippen molar-refractivity contribution < 1.29 is 5.11 Å². The molecule has 0 heterocycles. The van der Waals surface area contributed by atoms with Crippen LogP contribution in [-0.4, -0.2) is 11.2 Å². The lowest BCUT2D eigenvalue weighted by Gasteiger charge is -1.97. The molecule has 0 aromatic heterocycles. The lowest BCUT2D eigenvalue weighted by Crippen LogP contribution is -1.93. The predicted molar refractivity (Wildman–Crippen MR) is 49.6 cm³/mol. The molecule has 0 aliphatic heterocycles. The first-order valence-corrected chi connectivity index (χ1v) is 4.60. The zero-order chi connectivity index (χ0) is 8.53. The van der Waals surface area contributed by atoms with Crippen molar-refractivity contribution in [1.29, 1.82) is 0 Å². The van der Waals surface area contributed by atoms with Crippen LogP contribution in [0.25, 0.3) is 0 Å². The maximum absolute atomic E-state index is 8.36. The van der Waals surface area contributed by atoms with Gasteiger partial charge in [-0.1, -0.05) is 19.1 Å². The van der Waals surface area contributed by atoms with Gasteiger partial charge in [0.15, 0.2) is 0 Å². The highest BCUT2D eigenvalue weighted by Crippen LogP contribution is 2.07. The molecular weight excluding hydrogens is 136 g/mol. The van der Waals surface area contributed by atoms with E-state index in [9.17, 15) is 0 Å². The summed E-state index contributed by atoms with van der Waals surface area (Å²) in [5, 5.41) is 8.36. The summed E-state index contributed by atoms with van der Waals surface area (Å²) in [6.45, 7) is 3.73. The molecule has 0 saturated heterocycles. The number of aliphatic hydroxyl groups is 1. The first-order chi connectivity index (χ1) is 5.27. The largest absolute Gasteiger partial charge is 0.393 e. The number of hydrogen-bond acceptors (Lipinski definition) is 1. The molecule has 0 amide bonds. The highest BCUT2D eigenvalue weighted by atomic mass is 16.3. The van der Waals surface area contributed by atoms with E-state index in [4.69, 9.17) is 5.11 Å². The van der Waals surface area contributed by atoms with Crippen LogP contribution in [-0.2, 0) is 0 Å². The molecule has 1 heteroatoms. The Balaban J connectivity index is 0.000000187. The van der Waals surface area contributed by atoms with Gasteiger partial charge >= 0.3 is 0 Å². The highest BCUT2D eigenvalue weighted by molar-refractivity contribution is 4.85. The fraction of sp³-hybridized carbons (Fsp3) is 0.800. The molecule has 1 unspecified atom stereocenters. The van der Waals surface area contributed by atoms with Gasteiger partial charge in [-0.25, -0.2) is 0 Å². The first kappa shape index (κ1) is 10.7. The van der Waals surface area contributed by atoms with Crippen molar-refractivity contribution in [3.05, 3.63) is 12.2 Å². The van der Waals surface area contributed by atoms with E-state index < -0.39 is 0 Å². The smallest absolute Gasteiger partial charge is 0.0509 e. The second kappa shape index (κ2) is 7.80. The molecule has 0 spiro atoms. The Kier molecular flexibility index (Phi) is 7.59. The molecule has 0 aromatic rings. The van der Waals surface area contributed by atoms with Gasteiger partial charge in [-0.05, 0) is 39.0 Å². The quantitative estimate of drug-likeness (QED) is 0.579. The van der Waals surface area contributed by atoms with E-state index in [1.165, 1.54) is 25.7 Å². The van der Waals surface area contributed by atoms with Gasteiger partial charge in [0.05, 0.1) is 6.10 Å². The standard InChI is InChI=1S/C6H10.C4H10O/c1-2-4-6-5-3-1;1-3-4(2)5/h1-2H,3-6H2;4-5H,3H2,1-2H3. The van der Waals surface area contributed by atoms with Crippen LogP contribution < -0.4 is 0 Å². The van der Waals surface area contributed by atoms with E-state index in [-0.39, 0.29) is 6.10 Å². The van der Waals surface area contributed by atoms with Gasteiger partial charge in [-0.15, -0.1) is 0 Å². The van der Waals surface area contributed by atoms with Gasteiger partial charge in [0.1, 0.15) is 0 Å². The van der Waals surface area contributed by atoms with Crippen molar-refractivity contribution >= 4 is 0 Å². The maximum atomic E-state index is 8.36. The Hall–Kier alpha value is -0.300.